The lowest BCUT2D eigenvalue weighted by Crippen LogP contribution is -2.29. The molecule has 0 unspecified atom stereocenters. The molecular weight excluding hydrogens is 458 g/mol. The van der Waals surface area contributed by atoms with Crippen molar-refractivity contribution in [1.82, 2.24) is 14.9 Å². The van der Waals surface area contributed by atoms with Crippen LogP contribution in [0.25, 0.3) is 0 Å². The number of benzene rings is 1. The molecule has 1 aliphatic carbocycles. The van der Waals surface area contributed by atoms with Crippen LogP contribution in [0.5, 0.6) is 0 Å². The summed E-state index contributed by atoms with van der Waals surface area (Å²) in [5.41, 5.74) is 7.48. The first-order valence-electron chi connectivity index (χ1n) is 12.0. The molecule has 182 valence electrons. The van der Waals surface area contributed by atoms with E-state index in [4.69, 9.17) is 17.0 Å². The maximum absolute atomic E-state index is 12.0. The van der Waals surface area contributed by atoms with Crippen LogP contribution >= 0.6 is 12.2 Å². The zero-order valence-electron chi connectivity index (χ0n) is 20.5. The van der Waals surface area contributed by atoms with E-state index in [2.05, 4.69) is 57.1 Å². The molecule has 0 radical (unpaired) electrons. The fourth-order valence-corrected chi connectivity index (χ4v) is 5.55. The van der Waals surface area contributed by atoms with Crippen LogP contribution in [0, 0.1) is 20.8 Å². The maximum Gasteiger partial charge on any atom is 0.250 e. The summed E-state index contributed by atoms with van der Waals surface area (Å²) >= 11 is 5.90. The summed E-state index contributed by atoms with van der Waals surface area (Å²) in [6.45, 7) is 6.42. The Hall–Kier alpha value is -3.23. The van der Waals surface area contributed by atoms with Crippen molar-refractivity contribution in [2.24, 2.45) is 0 Å². The topological polar surface area (TPSA) is 71.4 Å². The van der Waals surface area contributed by atoms with Gasteiger partial charge in [0.15, 0.2) is 5.11 Å². The van der Waals surface area contributed by atoms with Gasteiger partial charge in [0.05, 0.1) is 17.8 Å². The van der Waals surface area contributed by atoms with Crippen molar-refractivity contribution in [3.8, 4) is 0 Å². The van der Waals surface area contributed by atoms with Crippen LogP contribution in [0.4, 0.5) is 11.4 Å². The lowest BCUT2D eigenvalue weighted by Gasteiger charge is -2.29. The minimum Gasteiger partial charge on any atom is -0.375 e. The molecule has 1 amide bonds. The van der Waals surface area contributed by atoms with Gasteiger partial charge in [-0.15, -0.1) is 0 Å². The molecule has 1 saturated carbocycles. The molecule has 3 aromatic rings. The summed E-state index contributed by atoms with van der Waals surface area (Å²) in [4.78, 5) is 18.9. The van der Waals surface area contributed by atoms with E-state index >= 15 is 0 Å². The minimum absolute atomic E-state index is 0.0196. The van der Waals surface area contributed by atoms with E-state index in [1.54, 1.807) is 0 Å². The highest BCUT2D eigenvalue weighted by Gasteiger charge is 2.43. The Morgan fingerprint density at radius 2 is 2.00 bits per heavy atom. The largest absolute Gasteiger partial charge is 0.375 e. The van der Waals surface area contributed by atoms with Crippen LogP contribution in [-0.2, 0) is 9.53 Å². The Morgan fingerprint density at radius 1 is 1.20 bits per heavy atom. The highest BCUT2D eigenvalue weighted by Crippen LogP contribution is 2.46. The van der Waals surface area contributed by atoms with Crippen LogP contribution in [0.2, 0.25) is 0 Å². The molecule has 0 spiro atoms. The summed E-state index contributed by atoms with van der Waals surface area (Å²) in [6, 6.07) is 14.8. The third-order valence-corrected chi connectivity index (χ3v) is 7.20. The SMILES string of the molecule is COCC(=O)Nc1ccc(N2C(=S)N[C@H](c3ccccn3)[C@H]2c2cc(C)n(C3CC3)c2C)cc1C. The molecule has 0 bridgehead atoms. The monoisotopic (exact) mass is 489 g/mol. The number of aryl methyl sites for hydroxylation is 2. The number of aromatic nitrogens is 2. The van der Waals surface area contributed by atoms with Gasteiger partial charge in [0, 0.05) is 42.1 Å². The van der Waals surface area contributed by atoms with Crippen molar-refractivity contribution < 1.29 is 9.53 Å². The Kier molecular flexibility index (Phi) is 6.34. The lowest BCUT2D eigenvalue weighted by atomic mass is 9.96. The van der Waals surface area contributed by atoms with Crippen molar-refractivity contribution in [1.29, 1.82) is 0 Å². The van der Waals surface area contributed by atoms with Crippen LogP contribution in [0.3, 0.4) is 0 Å². The molecule has 5 rings (SSSR count). The number of pyridine rings is 1. The molecule has 2 aromatic heterocycles. The van der Waals surface area contributed by atoms with Gasteiger partial charge in [-0.3, -0.25) is 9.78 Å². The van der Waals surface area contributed by atoms with Crippen molar-refractivity contribution in [3.05, 3.63) is 76.9 Å². The zero-order valence-corrected chi connectivity index (χ0v) is 21.4. The fraction of sp³-hybridized carbons (Fsp3) is 0.370. The first-order valence-corrected chi connectivity index (χ1v) is 12.4. The minimum atomic E-state index is -0.178. The number of amides is 1. The summed E-state index contributed by atoms with van der Waals surface area (Å²) in [5, 5.41) is 7.13. The zero-order chi connectivity index (χ0) is 24.7. The standard InChI is InChI=1S/C27H31N5O2S/c1-16-13-20(10-11-22(16)29-24(33)15-34-4)32-26(21-14-17(2)31(18(21)3)19-8-9-19)25(30-27(32)35)23-7-5-6-12-28-23/h5-7,10-14,19,25-26H,8-9,15H2,1-4H3,(H,29,33)(H,30,35)/t25-,26-/m1/s1. The Labute approximate surface area is 211 Å². The molecule has 8 heteroatoms. The quantitative estimate of drug-likeness (QED) is 0.460. The highest BCUT2D eigenvalue weighted by molar-refractivity contribution is 7.80. The average molecular weight is 490 g/mol. The number of nitrogens with zero attached hydrogens (tertiary/aromatic N) is 3. The second-order valence-corrected chi connectivity index (χ2v) is 9.79. The van der Waals surface area contributed by atoms with Crippen molar-refractivity contribution in [2.45, 2.75) is 51.7 Å². The third-order valence-electron chi connectivity index (χ3n) is 6.89. The molecule has 2 N–H and O–H groups in total. The van der Waals surface area contributed by atoms with Gasteiger partial charge < -0.3 is 24.8 Å². The molecule has 1 saturated heterocycles. The molecule has 2 atom stereocenters. The first kappa shape index (κ1) is 23.5. The number of thiocarbonyl (C=S) groups is 1. The van der Waals surface area contributed by atoms with Gasteiger partial charge in [0.1, 0.15) is 6.61 Å². The van der Waals surface area contributed by atoms with Gasteiger partial charge >= 0.3 is 0 Å². The van der Waals surface area contributed by atoms with E-state index in [0.717, 1.165) is 22.6 Å². The number of carbonyl (C=O) groups excluding carboxylic acids is 1. The summed E-state index contributed by atoms with van der Waals surface area (Å²) in [6.07, 6.45) is 4.30. The normalized spacial score (nSPS) is 19.7. The summed E-state index contributed by atoms with van der Waals surface area (Å²) < 4.78 is 7.42. The van der Waals surface area contributed by atoms with Crippen LogP contribution in [0.15, 0.2) is 48.7 Å². The molecule has 3 heterocycles. The smallest absolute Gasteiger partial charge is 0.250 e. The summed E-state index contributed by atoms with van der Waals surface area (Å²) in [7, 11) is 1.51. The number of rotatable bonds is 7. The first-order chi connectivity index (χ1) is 16.9. The lowest BCUT2D eigenvalue weighted by molar-refractivity contribution is -0.119. The third kappa shape index (κ3) is 4.44. The number of hydrogen-bond acceptors (Lipinski definition) is 4. The Balaban J connectivity index is 1.57. The molecule has 7 nitrogen and oxygen atoms in total. The molecule has 1 aliphatic heterocycles. The van der Waals surface area contributed by atoms with E-state index in [0.29, 0.717) is 11.2 Å². The van der Waals surface area contributed by atoms with Crippen molar-refractivity contribution >= 4 is 34.6 Å². The fourth-order valence-electron chi connectivity index (χ4n) is 5.20. The number of methoxy groups -OCH3 is 1. The second kappa shape index (κ2) is 9.43. The van der Waals surface area contributed by atoms with E-state index in [1.165, 1.54) is 36.9 Å². The molecular formula is C27H31N5O2S. The summed E-state index contributed by atoms with van der Waals surface area (Å²) in [5.74, 6) is -0.178. The van der Waals surface area contributed by atoms with Crippen molar-refractivity contribution in [2.75, 3.05) is 23.9 Å². The van der Waals surface area contributed by atoms with Crippen molar-refractivity contribution in [3.63, 3.8) is 0 Å². The van der Waals surface area contributed by atoms with Gasteiger partial charge in [-0.05, 0) is 93.4 Å². The Morgan fingerprint density at radius 3 is 2.66 bits per heavy atom. The highest BCUT2D eigenvalue weighted by atomic mass is 32.1. The van der Waals surface area contributed by atoms with Crippen LogP contribution in [-0.4, -0.2) is 34.3 Å². The van der Waals surface area contributed by atoms with Gasteiger partial charge in [-0.25, -0.2) is 0 Å². The number of carbonyl (C=O) groups is 1. The molecule has 2 aliphatic rings. The average Bonchev–Trinajstić information content (AvgIpc) is 3.54. The molecule has 35 heavy (non-hydrogen) atoms. The molecule has 2 fully saturated rings. The van der Waals surface area contributed by atoms with E-state index in [-0.39, 0.29) is 24.6 Å². The predicted octanol–water partition coefficient (Wildman–Crippen LogP) is 4.91. The van der Waals surface area contributed by atoms with Gasteiger partial charge in [-0.2, -0.15) is 0 Å². The van der Waals surface area contributed by atoms with E-state index in [1.807, 2.05) is 37.4 Å². The predicted molar refractivity (Wildman–Crippen MR) is 142 cm³/mol. The van der Waals surface area contributed by atoms with Crippen LogP contribution in [0.1, 0.15) is 59.2 Å². The molecule has 1 aromatic carbocycles. The van der Waals surface area contributed by atoms with E-state index in [9.17, 15) is 4.79 Å². The maximum atomic E-state index is 12.0. The van der Waals surface area contributed by atoms with Gasteiger partial charge in [0.2, 0.25) is 5.91 Å². The van der Waals surface area contributed by atoms with Crippen LogP contribution < -0.4 is 15.5 Å². The number of anilines is 2. The number of ether oxygens (including phenoxy) is 1. The number of hydrogen-bond donors (Lipinski definition) is 2. The second-order valence-electron chi connectivity index (χ2n) is 9.40. The van der Waals surface area contributed by atoms with Gasteiger partial charge in [0.25, 0.3) is 0 Å². The number of nitrogens with one attached hydrogen (secondary N) is 2. The van der Waals surface area contributed by atoms with Gasteiger partial charge in [-0.1, -0.05) is 6.07 Å². The van der Waals surface area contributed by atoms with E-state index < -0.39 is 0 Å². The Bertz CT molecular complexity index is 1270.